The molecule has 0 spiro atoms. The Morgan fingerprint density at radius 1 is 1.08 bits per heavy atom. The number of benzene rings is 2. The van der Waals surface area contributed by atoms with Crippen LogP contribution >= 0.6 is 0 Å². The molecule has 2 aliphatic heterocycles. The normalized spacial score (nSPS) is 19.5. The van der Waals surface area contributed by atoms with E-state index in [4.69, 9.17) is 4.74 Å². The zero-order valence-electron chi connectivity index (χ0n) is 20.7. The number of carbonyl (C=O) groups is 1. The quantitative estimate of drug-likeness (QED) is 0.432. The van der Waals surface area contributed by atoms with Crippen molar-refractivity contribution in [1.82, 2.24) is 24.6 Å². The van der Waals surface area contributed by atoms with Crippen LogP contribution < -0.4 is 4.90 Å². The summed E-state index contributed by atoms with van der Waals surface area (Å²) >= 11 is 0. The molecule has 4 heterocycles. The van der Waals surface area contributed by atoms with Gasteiger partial charge in [0.2, 0.25) is 0 Å². The summed E-state index contributed by atoms with van der Waals surface area (Å²) in [6.45, 7) is 4.66. The lowest BCUT2D eigenvalue weighted by atomic mass is 9.93. The third-order valence-corrected chi connectivity index (χ3v) is 7.56. The van der Waals surface area contributed by atoms with Gasteiger partial charge in [-0.1, -0.05) is 18.2 Å². The topological polar surface area (TPSA) is 117 Å². The summed E-state index contributed by atoms with van der Waals surface area (Å²) in [5, 5.41) is 27.4. The first-order valence-corrected chi connectivity index (χ1v) is 12.8. The molecule has 4 aromatic rings. The smallest absolute Gasteiger partial charge is 0.407 e. The van der Waals surface area contributed by atoms with Crippen molar-refractivity contribution in [3.63, 3.8) is 0 Å². The molecule has 10 nitrogen and oxygen atoms in total. The van der Waals surface area contributed by atoms with Crippen LogP contribution in [0.25, 0.3) is 21.8 Å². The van der Waals surface area contributed by atoms with Crippen molar-refractivity contribution >= 4 is 33.7 Å². The number of aliphatic hydroxyl groups is 1. The number of aromatic nitrogens is 4. The van der Waals surface area contributed by atoms with Crippen LogP contribution in [0.3, 0.4) is 0 Å². The minimum Gasteiger partial charge on any atom is -0.465 e. The van der Waals surface area contributed by atoms with E-state index in [2.05, 4.69) is 20.0 Å². The third kappa shape index (κ3) is 4.15. The highest BCUT2D eigenvalue weighted by Crippen LogP contribution is 2.37. The number of fused-ring (bicyclic) bond motifs is 2. The van der Waals surface area contributed by atoms with Gasteiger partial charge in [0.25, 0.3) is 0 Å². The van der Waals surface area contributed by atoms with E-state index in [0.717, 1.165) is 59.1 Å². The molecule has 0 aliphatic carbocycles. The minimum atomic E-state index is -0.913. The number of carboxylic acid groups (broad SMARTS) is 1. The zero-order chi connectivity index (χ0) is 25.5. The molecular formula is C27H30N6O4. The molecule has 2 aromatic heterocycles. The van der Waals surface area contributed by atoms with Gasteiger partial charge in [0.1, 0.15) is 18.2 Å². The number of nitrogens with zero attached hydrogens (tertiary/aromatic N) is 6. The standard InChI is InChI=1S/C27H30N6O4/c1-17-8-9-21-20(15-30-33(21)22-7-2-3-14-37-22)23(17)25(34)18-5-4-6-19-24(18)28-16-29-26(19)31-10-12-32(13-11-31)27(35)36/h4-6,8-9,15-16,22,25,34H,2-3,7,10-14H2,1H3,(H,35,36). The van der Waals surface area contributed by atoms with Crippen LogP contribution in [0.1, 0.15) is 48.3 Å². The average Bonchev–Trinajstić information content (AvgIpc) is 3.36. The van der Waals surface area contributed by atoms with Crippen LogP contribution in [0.2, 0.25) is 0 Å². The molecule has 2 saturated heterocycles. The average molecular weight is 503 g/mol. The van der Waals surface area contributed by atoms with Crippen LogP contribution in [0.5, 0.6) is 0 Å². The van der Waals surface area contributed by atoms with Gasteiger partial charge >= 0.3 is 6.09 Å². The van der Waals surface area contributed by atoms with Crippen LogP contribution in [-0.2, 0) is 4.74 Å². The zero-order valence-corrected chi connectivity index (χ0v) is 20.7. The maximum absolute atomic E-state index is 11.8. The Bertz CT molecular complexity index is 1460. The largest absolute Gasteiger partial charge is 0.465 e. The van der Waals surface area contributed by atoms with Crippen LogP contribution in [0.4, 0.5) is 10.6 Å². The van der Waals surface area contributed by atoms with E-state index in [0.29, 0.717) is 37.3 Å². The second-order valence-corrected chi connectivity index (χ2v) is 9.74. The molecule has 2 aromatic carbocycles. The molecular weight excluding hydrogens is 472 g/mol. The number of para-hydroxylation sites is 1. The van der Waals surface area contributed by atoms with E-state index in [9.17, 15) is 15.0 Å². The number of hydrogen-bond acceptors (Lipinski definition) is 7. The van der Waals surface area contributed by atoms with Gasteiger partial charge in [0, 0.05) is 49.1 Å². The first-order chi connectivity index (χ1) is 18.0. The summed E-state index contributed by atoms with van der Waals surface area (Å²) in [6.07, 6.45) is 4.54. The maximum atomic E-state index is 11.8. The van der Waals surface area contributed by atoms with Crippen LogP contribution in [-0.4, -0.2) is 73.7 Å². The number of aryl methyl sites for hydroxylation is 1. The molecule has 6 rings (SSSR count). The van der Waals surface area contributed by atoms with E-state index in [1.54, 1.807) is 0 Å². The predicted octanol–water partition coefficient (Wildman–Crippen LogP) is 3.87. The van der Waals surface area contributed by atoms with Crippen molar-refractivity contribution in [2.24, 2.45) is 0 Å². The molecule has 2 aliphatic rings. The summed E-state index contributed by atoms with van der Waals surface area (Å²) < 4.78 is 7.91. The minimum absolute atomic E-state index is 0.0894. The van der Waals surface area contributed by atoms with Crippen molar-refractivity contribution in [3.05, 3.63) is 59.5 Å². The van der Waals surface area contributed by atoms with E-state index >= 15 is 0 Å². The summed E-state index contributed by atoms with van der Waals surface area (Å²) in [5.74, 6) is 0.751. The van der Waals surface area contributed by atoms with Crippen molar-refractivity contribution in [1.29, 1.82) is 0 Å². The molecule has 2 fully saturated rings. The lowest BCUT2D eigenvalue weighted by molar-refractivity contribution is -0.0366. The SMILES string of the molecule is Cc1ccc2c(cnn2C2CCCCO2)c1C(O)c1cccc2c(N3CCN(C(=O)O)CC3)ncnc12. The summed E-state index contributed by atoms with van der Waals surface area (Å²) in [5.41, 5.74) is 4.10. The molecule has 0 bridgehead atoms. The van der Waals surface area contributed by atoms with Gasteiger partial charge in [-0.25, -0.2) is 19.4 Å². The first kappa shape index (κ1) is 23.6. The Morgan fingerprint density at radius 2 is 1.92 bits per heavy atom. The molecule has 2 unspecified atom stereocenters. The molecule has 0 radical (unpaired) electrons. The van der Waals surface area contributed by atoms with Crippen molar-refractivity contribution in [3.8, 4) is 0 Å². The van der Waals surface area contributed by atoms with Gasteiger partial charge in [-0.2, -0.15) is 5.10 Å². The number of rotatable bonds is 4. The highest BCUT2D eigenvalue weighted by atomic mass is 16.5. The number of amides is 1. The number of hydrogen-bond donors (Lipinski definition) is 2. The van der Waals surface area contributed by atoms with Gasteiger partial charge in [-0.15, -0.1) is 0 Å². The second-order valence-electron chi connectivity index (χ2n) is 9.74. The summed E-state index contributed by atoms with van der Waals surface area (Å²) in [7, 11) is 0. The Hall–Kier alpha value is -3.76. The van der Waals surface area contributed by atoms with E-state index in [1.165, 1.54) is 11.2 Å². The first-order valence-electron chi connectivity index (χ1n) is 12.8. The fraction of sp³-hybridized carbons (Fsp3) is 0.407. The molecule has 2 N–H and O–H groups in total. The van der Waals surface area contributed by atoms with E-state index < -0.39 is 12.2 Å². The number of ether oxygens (including phenoxy) is 1. The Morgan fingerprint density at radius 3 is 2.68 bits per heavy atom. The lowest BCUT2D eigenvalue weighted by Gasteiger charge is -2.34. The van der Waals surface area contributed by atoms with Crippen LogP contribution in [0.15, 0.2) is 42.9 Å². The van der Waals surface area contributed by atoms with Gasteiger partial charge in [-0.3, -0.25) is 0 Å². The van der Waals surface area contributed by atoms with E-state index in [-0.39, 0.29) is 6.23 Å². The molecule has 10 heteroatoms. The van der Waals surface area contributed by atoms with E-state index in [1.807, 2.05) is 48.1 Å². The molecule has 1 amide bonds. The number of anilines is 1. The fourth-order valence-corrected chi connectivity index (χ4v) is 5.59. The number of piperazine rings is 1. The fourth-order valence-electron chi connectivity index (χ4n) is 5.59. The molecule has 192 valence electrons. The highest BCUT2D eigenvalue weighted by molar-refractivity contribution is 5.93. The highest BCUT2D eigenvalue weighted by Gasteiger charge is 2.26. The lowest BCUT2D eigenvalue weighted by Crippen LogP contribution is -2.48. The second kappa shape index (κ2) is 9.60. The van der Waals surface area contributed by atoms with Gasteiger partial charge in [-0.05, 0) is 49.4 Å². The third-order valence-electron chi connectivity index (χ3n) is 7.56. The molecule has 0 saturated carbocycles. The van der Waals surface area contributed by atoms with Crippen molar-refractivity contribution in [2.75, 3.05) is 37.7 Å². The summed E-state index contributed by atoms with van der Waals surface area (Å²) in [4.78, 5) is 23.9. The van der Waals surface area contributed by atoms with Crippen molar-refractivity contribution < 1.29 is 19.7 Å². The Labute approximate surface area is 214 Å². The number of aliphatic hydroxyl groups excluding tert-OH is 1. The molecule has 37 heavy (non-hydrogen) atoms. The van der Waals surface area contributed by atoms with Crippen LogP contribution in [0, 0.1) is 6.92 Å². The van der Waals surface area contributed by atoms with Gasteiger partial charge < -0.3 is 24.7 Å². The van der Waals surface area contributed by atoms with Gasteiger partial charge in [0.15, 0.2) is 6.23 Å². The van der Waals surface area contributed by atoms with Crippen molar-refractivity contribution in [2.45, 2.75) is 38.5 Å². The monoisotopic (exact) mass is 502 g/mol. The molecule has 2 atom stereocenters. The Kier molecular flexibility index (Phi) is 6.13. The maximum Gasteiger partial charge on any atom is 0.407 e. The Balaban J connectivity index is 1.39. The van der Waals surface area contributed by atoms with Gasteiger partial charge in [0.05, 0.1) is 17.2 Å². The predicted molar refractivity (Wildman–Crippen MR) is 139 cm³/mol. The summed E-state index contributed by atoms with van der Waals surface area (Å²) in [6, 6.07) is 9.84.